The molecule has 18 heavy (non-hydrogen) atoms. The number of nitrogens with one attached hydrogen (secondary N) is 1. The van der Waals surface area contributed by atoms with Gasteiger partial charge in [0.1, 0.15) is 5.82 Å². The molecule has 0 aromatic heterocycles. The lowest BCUT2D eigenvalue weighted by Crippen LogP contribution is -2.37. The summed E-state index contributed by atoms with van der Waals surface area (Å²) in [4.78, 5) is 13.4. The number of carbonyl (C=O) groups excluding carboxylic acids is 1. The smallest absolute Gasteiger partial charge is 0.321 e. The first-order valence-electron chi connectivity index (χ1n) is 5.78. The van der Waals surface area contributed by atoms with E-state index in [9.17, 15) is 9.18 Å². The highest BCUT2D eigenvalue weighted by Crippen LogP contribution is 2.10. The van der Waals surface area contributed by atoms with Crippen molar-refractivity contribution >= 4 is 11.7 Å². The van der Waals surface area contributed by atoms with E-state index in [4.69, 9.17) is 5.26 Å². The summed E-state index contributed by atoms with van der Waals surface area (Å²) < 4.78 is 13.0. The molecule has 2 amide bonds. The number of amides is 2. The van der Waals surface area contributed by atoms with Crippen LogP contribution in [0.15, 0.2) is 24.3 Å². The summed E-state index contributed by atoms with van der Waals surface area (Å²) in [5, 5.41) is 11.3. The minimum atomic E-state index is -0.402. The SMILES string of the molecule is CCN(CC(C)C#N)C(=O)Nc1cccc(F)c1. The molecule has 0 bridgehead atoms. The fourth-order valence-corrected chi connectivity index (χ4v) is 1.50. The summed E-state index contributed by atoms with van der Waals surface area (Å²) in [5.41, 5.74) is 0.406. The van der Waals surface area contributed by atoms with E-state index in [1.165, 1.54) is 23.1 Å². The third-order valence-corrected chi connectivity index (χ3v) is 2.46. The number of hydrogen-bond acceptors (Lipinski definition) is 2. The van der Waals surface area contributed by atoms with Crippen molar-refractivity contribution in [1.29, 1.82) is 5.26 Å². The lowest BCUT2D eigenvalue weighted by Gasteiger charge is -2.22. The second-order valence-electron chi connectivity index (χ2n) is 4.01. The fourth-order valence-electron chi connectivity index (χ4n) is 1.50. The van der Waals surface area contributed by atoms with Gasteiger partial charge in [-0.1, -0.05) is 6.07 Å². The van der Waals surface area contributed by atoms with E-state index < -0.39 is 5.82 Å². The molecule has 1 atom stereocenters. The molecule has 1 unspecified atom stereocenters. The zero-order chi connectivity index (χ0) is 13.5. The third kappa shape index (κ3) is 4.06. The first-order chi connectivity index (χ1) is 8.56. The summed E-state index contributed by atoms with van der Waals surface area (Å²) in [6, 6.07) is 7.45. The molecule has 0 radical (unpaired) electrons. The van der Waals surface area contributed by atoms with Crippen LogP contribution in [0.3, 0.4) is 0 Å². The molecule has 1 N–H and O–H groups in total. The monoisotopic (exact) mass is 249 g/mol. The van der Waals surface area contributed by atoms with Gasteiger partial charge in [0.05, 0.1) is 12.0 Å². The predicted octanol–water partition coefficient (Wildman–Crippen LogP) is 2.84. The minimum Gasteiger partial charge on any atom is -0.324 e. The van der Waals surface area contributed by atoms with Gasteiger partial charge in [0.15, 0.2) is 0 Å². The normalized spacial score (nSPS) is 11.4. The molecule has 0 saturated carbocycles. The van der Waals surface area contributed by atoms with Gasteiger partial charge in [0, 0.05) is 18.8 Å². The number of halogens is 1. The fraction of sp³-hybridized carbons (Fsp3) is 0.385. The van der Waals surface area contributed by atoms with E-state index in [1.807, 2.05) is 6.92 Å². The first kappa shape index (κ1) is 14.0. The van der Waals surface area contributed by atoms with Crippen molar-refractivity contribution in [1.82, 2.24) is 4.90 Å². The molecule has 0 aliphatic heterocycles. The minimum absolute atomic E-state index is 0.233. The van der Waals surface area contributed by atoms with Crippen molar-refractivity contribution in [2.24, 2.45) is 5.92 Å². The average Bonchev–Trinajstić information content (AvgIpc) is 2.35. The Labute approximate surface area is 106 Å². The van der Waals surface area contributed by atoms with E-state index in [0.717, 1.165) is 0 Å². The van der Waals surface area contributed by atoms with Gasteiger partial charge in [-0.25, -0.2) is 9.18 Å². The van der Waals surface area contributed by atoms with E-state index >= 15 is 0 Å². The van der Waals surface area contributed by atoms with Crippen molar-refractivity contribution in [2.75, 3.05) is 18.4 Å². The molecule has 0 aliphatic carbocycles. The quantitative estimate of drug-likeness (QED) is 0.892. The Kier molecular flexibility index (Phi) is 5.12. The number of nitrogens with zero attached hydrogens (tertiary/aromatic N) is 2. The maximum atomic E-state index is 13.0. The summed E-state index contributed by atoms with van der Waals surface area (Å²) >= 11 is 0. The van der Waals surface area contributed by atoms with Crippen LogP contribution in [0.2, 0.25) is 0 Å². The Morgan fingerprint density at radius 3 is 2.89 bits per heavy atom. The molecular weight excluding hydrogens is 233 g/mol. The van der Waals surface area contributed by atoms with Gasteiger partial charge in [-0.3, -0.25) is 0 Å². The average molecular weight is 249 g/mol. The van der Waals surface area contributed by atoms with Gasteiger partial charge in [0.25, 0.3) is 0 Å². The topological polar surface area (TPSA) is 56.1 Å². The van der Waals surface area contributed by atoms with Gasteiger partial charge in [-0.05, 0) is 32.0 Å². The number of rotatable bonds is 4. The maximum absolute atomic E-state index is 13.0. The van der Waals surface area contributed by atoms with Crippen LogP contribution in [0.4, 0.5) is 14.9 Å². The van der Waals surface area contributed by atoms with Gasteiger partial charge < -0.3 is 10.2 Å². The largest absolute Gasteiger partial charge is 0.324 e. The highest BCUT2D eigenvalue weighted by Gasteiger charge is 2.14. The Bertz CT molecular complexity index is 456. The van der Waals surface area contributed by atoms with E-state index in [-0.39, 0.29) is 11.9 Å². The molecule has 0 fully saturated rings. The third-order valence-electron chi connectivity index (χ3n) is 2.46. The van der Waals surface area contributed by atoms with Crippen molar-refractivity contribution in [3.05, 3.63) is 30.1 Å². The maximum Gasteiger partial charge on any atom is 0.321 e. The number of nitriles is 1. The van der Waals surface area contributed by atoms with Crippen LogP contribution in [0, 0.1) is 23.1 Å². The molecule has 4 nitrogen and oxygen atoms in total. The summed E-state index contributed by atoms with van der Waals surface area (Å²) in [7, 11) is 0. The lowest BCUT2D eigenvalue weighted by molar-refractivity contribution is 0.210. The molecule has 0 heterocycles. The van der Waals surface area contributed by atoms with Crippen LogP contribution in [0.25, 0.3) is 0 Å². The molecule has 0 saturated heterocycles. The Morgan fingerprint density at radius 1 is 1.61 bits per heavy atom. The van der Waals surface area contributed by atoms with Crippen LogP contribution in [0.1, 0.15) is 13.8 Å². The number of hydrogen-bond donors (Lipinski definition) is 1. The van der Waals surface area contributed by atoms with E-state index in [0.29, 0.717) is 18.8 Å². The highest BCUT2D eigenvalue weighted by molar-refractivity contribution is 5.89. The van der Waals surface area contributed by atoms with Crippen LogP contribution >= 0.6 is 0 Å². The lowest BCUT2D eigenvalue weighted by atomic mass is 10.2. The van der Waals surface area contributed by atoms with Crippen molar-refractivity contribution in [3.8, 4) is 6.07 Å². The highest BCUT2D eigenvalue weighted by atomic mass is 19.1. The molecular formula is C13H16FN3O. The summed E-state index contributed by atoms with van der Waals surface area (Å²) in [5.74, 6) is -0.635. The second-order valence-corrected chi connectivity index (χ2v) is 4.01. The Balaban J connectivity index is 2.66. The summed E-state index contributed by atoms with van der Waals surface area (Å²) in [6.07, 6.45) is 0. The van der Waals surface area contributed by atoms with Crippen molar-refractivity contribution < 1.29 is 9.18 Å². The van der Waals surface area contributed by atoms with E-state index in [2.05, 4.69) is 11.4 Å². The van der Waals surface area contributed by atoms with E-state index in [1.54, 1.807) is 13.0 Å². The molecule has 5 heteroatoms. The van der Waals surface area contributed by atoms with Gasteiger partial charge in [0.2, 0.25) is 0 Å². The second kappa shape index (κ2) is 6.60. The zero-order valence-electron chi connectivity index (χ0n) is 10.5. The molecule has 1 aromatic carbocycles. The van der Waals surface area contributed by atoms with Crippen LogP contribution in [-0.4, -0.2) is 24.0 Å². The molecule has 0 spiro atoms. The molecule has 1 aromatic rings. The van der Waals surface area contributed by atoms with Crippen LogP contribution in [-0.2, 0) is 0 Å². The number of urea groups is 1. The van der Waals surface area contributed by atoms with Crippen LogP contribution in [0.5, 0.6) is 0 Å². The predicted molar refractivity (Wildman–Crippen MR) is 67.4 cm³/mol. The number of carbonyl (C=O) groups is 1. The first-order valence-corrected chi connectivity index (χ1v) is 5.78. The number of benzene rings is 1. The van der Waals surface area contributed by atoms with Crippen molar-refractivity contribution in [3.63, 3.8) is 0 Å². The van der Waals surface area contributed by atoms with Crippen LogP contribution < -0.4 is 5.32 Å². The van der Waals surface area contributed by atoms with Gasteiger partial charge in [-0.2, -0.15) is 5.26 Å². The van der Waals surface area contributed by atoms with Gasteiger partial charge in [-0.15, -0.1) is 0 Å². The molecule has 96 valence electrons. The Morgan fingerprint density at radius 2 is 2.33 bits per heavy atom. The number of anilines is 1. The molecule has 1 rings (SSSR count). The standard InChI is InChI=1S/C13H16FN3O/c1-3-17(9-10(2)8-15)13(18)16-12-6-4-5-11(14)7-12/h4-7,10H,3,9H2,1-2H3,(H,16,18). The van der Waals surface area contributed by atoms with Crippen molar-refractivity contribution in [2.45, 2.75) is 13.8 Å². The molecule has 0 aliphatic rings. The summed E-state index contributed by atoms with van der Waals surface area (Å²) in [6.45, 7) is 4.43. The Hall–Kier alpha value is -2.09. The zero-order valence-corrected chi connectivity index (χ0v) is 10.5. The van der Waals surface area contributed by atoms with Gasteiger partial charge >= 0.3 is 6.03 Å².